The fourth-order valence-electron chi connectivity index (χ4n) is 8.73. The molecule has 5 heteroatoms. The van der Waals surface area contributed by atoms with E-state index < -0.39 is 8.07 Å². The largest absolute Gasteiger partial charge is 0.456 e. The second-order valence-corrected chi connectivity index (χ2v) is 17.9. The molecular formula is C50H33N3OSi. The molecule has 4 nitrogen and oxygen atoms in total. The van der Waals surface area contributed by atoms with E-state index >= 15 is 0 Å². The molecule has 0 saturated carbocycles. The summed E-state index contributed by atoms with van der Waals surface area (Å²) in [5.74, 6) is 0.634. The fraction of sp³-hybridized carbons (Fsp3) is 0. The van der Waals surface area contributed by atoms with E-state index in [-0.39, 0.29) is 0 Å². The number of rotatable bonds is 6. The van der Waals surface area contributed by atoms with E-state index in [9.17, 15) is 0 Å². The van der Waals surface area contributed by atoms with Crippen LogP contribution in [0, 0.1) is 0 Å². The van der Waals surface area contributed by atoms with E-state index in [1.807, 2.05) is 24.3 Å². The summed E-state index contributed by atoms with van der Waals surface area (Å²) in [5.41, 5.74) is 6.67. The van der Waals surface area contributed by atoms with E-state index in [1.165, 1.54) is 20.7 Å². The number of para-hydroxylation sites is 2. The van der Waals surface area contributed by atoms with Crippen LogP contribution in [0.25, 0.3) is 71.9 Å². The van der Waals surface area contributed by atoms with Crippen molar-refractivity contribution in [3.8, 4) is 17.2 Å². The topological polar surface area (TPSA) is 43.9 Å². The van der Waals surface area contributed by atoms with Crippen molar-refractivity contribution in [1.82, 2.24) is 14.5 Å². The van der Waals surface area contributed by atoms with Crippen LogP contribution in [0.1, 0.15) is 0 Å². The zero-order valence-electron chi connectivity index (χ0n) is 29.8. The highest BCUT2D eigenvalue weighted by atomic mass is 28.3. The minimum atomic E-state index is -2.81. The van der Waals surface area contributed by atoms with Gasteiger partial charge in [-0.15, -0.1) is 0 Å². The van der Waals surface area contributed by atoms with Crippen LogP contribution in [-0.4, -0.2) is 22.6 Å². The Hall–Kier alpha value is -7.08. The van der Waals surface area contributed by atoms with Gasteiger partial charge in [-0.25, -0.2) is 9.97 Å². The lowest BCUT2D eigenvalue weighted by Gasteiger charge is -2.34. The van der Waals surface area contributed by atoms with Crippen molar-refractivity contribution in [1.29, 1.82) is 0 Å². The van der Waals surface area contributed by atoms with Crippen LogP contribution in [0.5, 0.6) is 0 Å². The first-order valence-corrected chi connectivity index (χ1v) is 20.7. The highest BCUT2D eigenvalue weighted by molar-refractivity contribution is 7.20. The quantitative estimate of drug-likeness (QED) is 0.127. The van der Waals surface area contributed by atoms with Gasteiger partial charge in [0.05, 0.1) is 22.2 Å². The number of nitrogens with zero attached hydrogens (tertiary/aromatic N) is 3. The predicted octanol–water partition coefficient (Wildman–Crippen LogP) is 9.67. The number of benzene rings is 8. The monoisotopic (exact) mass is 719 g/mol. The van der Waals surface area contributed by atoms with Gasteiger partial charge in [-0.2, -0.15) is 0 Å². The Kier molecular flexibility index (Phi) is 7.15. The van der Waals surface area contributed by atoms with Crippen LogP contribution in [0.3, 0.4) is 0 Å². The maximum atomic E-state index is 6.53. The van der Waals surface area contributed by atoms with Crippen LogP contribution in [0.15, 0.2) is 205 Å². The van der Waals surface area contributed by atoms with Crippen LogP contribution in [0.4, 0.5) is 0 Å². The van der Waals surface area contributed by atoms with Gasteiger partial charge in [0.2, 0.25) is 5.95 Å². The summed E-state index contributed by atoms with van der Waals surface area (Å²) in [4.78, 5) is 10.7. The first kappa shape index (κ1) is 31.4. The Balaban J connectivity index is 1.28. The van der Waals surface area contributed by atoms with Gasteiger partial charge in [0.25, 0.3) is 0 Å². The fourth-order valence-corrected chi connectivity index (χ4v) is 13.5. The van der Waals surface area contributed by atoms with Crippen LogP contribution in [-0.2, 0) is 0 Å². The minimum absolute atomic E-state index is 0.634. The molecule has 0 aliphatic rings. The van der Waals surface area contributed by atoms with Crippen molar-refractivity contribution in [2.45, 2.75) is 0 Å². The SMILES string of the molecule is c1ccc(-c2nc(-n3c4ccc([Si](c5ccccc5)(c5ccccc5)c5ccccc5)cc4c4cc5oc6ccccc6c5cc43)nc3ccccc23)cc1. The molecule has 11 aromatic rings. The number of hydrogen-bond acceptors (Lipinski definition) is 3. The van der Waals surface area contributed by atoms with Crippen molar-refractivity contribution < 1.29 is 4.42 Å². The average Bonchev–Trinajstić information content (AvgIpc) is 3.78. The van der Waals surface area contributed by atoms with E-state index in [0.717, 1.165) is 65.9 Å². The molecule has 0 radical (unpaired) electrons. The summed E-state index contributed by atoms with van der Waals surface area (Å²) in [6.45, 7) is 0. The van der Waals surface area contributed by atoms with E-state index in [2.05, 4.69) is 180 Å². The summed E-state index contributed by atoms with van der Waals surface area (Å²) < 4.78 is 8.79. The second-order valence-electron chi connectivity index (χ2n) is 14.1. The molecule has 8 aromatic carbocycles. The van der Waals surface area contributed by atoms with Gasteiger partial charge in [0.15, 0.2) is 8.07 Å². The molecule has 3 aromatic heterocycles. The van der Waals surface area contributed by atoms with E-state index in [0.29, 0.717) is 5.95 Å². The highest BCUT2D eigenvalue weighted by Crippen LogP contribution is 2.38. The van der Waals surface area contributed by atoms with Gasteiger partial charge in [-0.1, -0.05) is 170 Å². The molecule has 0 saturated heterocycles. The van der Waals surface area contributed by atoms with Crippen molar-refractivity contribution in [3.63, 3.8) is 0 Å². The Morgan fingerprint density at radius 1 is 0.382 bits per heavy atom. The maximum Gasteiger partial charge on any atom is 0.235 e. The molecule has 0 aliphatic carbocycles. The smallest absolute Gasteiger partial charge is 0.235 e. The number of fused-ring (bicyclic) bond motifs is 7. The van der Waals surface area contributed by atoms with Crippen LogP contribution >= 0.6 is 0 Å². The molecule has 0 fully saturated rings. The molecule has 0 spiro atoms. The van der Waals surface area contributed by atoms with Gasteiger partial charge < -0.3 is 4.42 Å². The first-order valence-electron chi connectivity index (χ1n) is 18.7. The van der Waals surface area contributed by atoms with Gasteiger partial charge in [0, 0.05) is 32.5 Å². The zero-order chi connectivity index (χ0) is 36.3. The Morgan fingerprint density at radius 3 is 1.62 bits per heavy atom. The van der Waals surface area contributed by atoms with Crippen molar-refractivity contribution in [2.75, 3.05) is 0 Å². The van der Waals surface area contributed by atoms with Crippen LogP contribution < -0.4 is 20.7 Å². The second kappa shape index (κ2) is 12.5. The summed E-state index contributed by atoms with van der Waals surface area (Å²) in [7, 11) is -2.81. The van der Waals surface area contributed by atoms with Gasteiger partial charge in [-0.05, 0) is 51.1 Å². The van der Waals surface area contributed by atoms with Gasteiger partial charge in [0.1, 0.15) is 11.2 Å². The van der Waals surface area contributed by atoms with E-state index in [1.54, 1.807) is 0 Å². The molecule has 0 N–H and O–H groups in total. The number of aromatic nitrogens is 3. The molecule has 0 aliphatic heterocycles. The average molecular weight is 720 g/mol. The molecule has 0 atom stereocenters. The molecule has 0 amide bonds. The maximum absolute atomic E-state index is 6.53. The third-order valence-electron chi connectivity index (χ3n) is 11.2. The Bertz CT molecular complexity index is 3100. The van der Waals surface area contributed by atoms with E-state index in [4.69, 9.17) is 14.4 Å². The van der Waals surface area contributed by atoms with Crippen molar-refractivity contribution >= 4 is 83.5 Å². The summed E-state index contributed by atoms with van der Waals surface area (Å²) >= 11 is 0. The molecule has 0 bridgehead atoms. The highest BCUT2D eigenvalue weighted by Gasteiger charge is 2.41. The summed E-state index contributed by atoms with van der Waals surface area (Å²) in [5, 5.41) is 10.7. The number of furan rings is 1. The lowest BCUT2D eigenvalue weighted by atomic mass is 10.1. The third kappa shape index (κ3) is 4.84. The molecular weight excluding hydrogens is 687 g/mol. The summed E-state index contributed by atoms with van der Waals surface area (Å²) in [6, 6.07) is 71.8. The Labute approximate surface area is 318 Å². The predicted molar refractivity (Wildman–Crippen MR) is 230 cm³/mol. The Morgan fingerprint density at radius 2 is 0.945 bits per heavy atom. The molecule has 55 heavy (non-hydrogen) atoms. The van der Waals surface area contributed by atoms with Crippen LogP contribution in [0.2, 0.25) is 0 Å². The van der Waals surface area contributed by atoms with Crippen molar-refractivity contribution in [3.05, 3.63) is 200 Å². The lowest BCUT2D eigenvalue weighted by Crippen LogP contribution is -2.74. The third-order valence-corrected chi connectivity index (χ3v) is 15.9. The molecule has 11 rings (SSSR count). The zero-order valence-corrected chi connectivity index (χ0v) is 30.8. The minimum Gasteiger partial charge on any atom is -0.456 e. The normalized spacial score (nSPS) is 12.0. The number of hydrogen-bond donors (Lipinski definition) is 0. The van der Waals surface area contributed by atoms with Gasteiger partial charge in [-0.3, -0.25) is 4.57 Å². The van der Waals surface area contributed by atoms with Gasteiger partial charge >= 0.3 is 0 Å². The molecule has 258 valence electrons. The molecule has 0 unspecified atom stereocenters. The first-order chi connectivity index (χ1) is 27.3. The lowest BCUT2D eigenvalue weighted by molar-refractivity contribution is 0.669. The van der Waals surface area contributed by atoms with Crippen molar-refractivity contribution in [2.24, 2.45) is 0 Å². The summed E-state index contributed by atoms with van der Waals surface area (Å²) in [6.07, 6.45) is 0. The standard InChI is InChI=1S/C50H33N3OSi/c1-5-17-34(18-6-1)49-40-26-13-15-27-44(40)51-50(52-49)53-45-30-29-38(31-41(45)42-33-48-43(32-46(42)53)39-25-14-16-28-47(39)54-48)55(35-19-7-2-8-20-35,36-21-9-3-10-22-36)37-23-11-4-12-24-37/h1-33H. The molecule has 3 heterocycles.